The van der Waals surface area contributed by atoms with Crippen molar-refractivity contribution in [1.29, 1.82) is 0 Å². The molecule has 1 aromatic carbocycles. The van der Waals surface area contributed by atoms with Gasteiger partial charge in [-0.25, -0.2) is 4.39 Å². The first-order valence-corrected chi connectivity index (χ1v) is 6.49. The lowest BCUT2D eigenvalue weighted by Crippen LogP contribution is -2.32. The molecule has 0 aromatic heterocycles. The highest BCUT2D eigenvalue weighted by molar-refractivity contribution is 5.95. The number of carbonyl (C=O) groups excluding carboxylic acids is 2. The van der Waals surface area contributed by atoms with Crippen LogP contribution in [-0.4, -0.2) is 29.3 Å². The van der Waals surface area contributed by atoms with Crippen LogP contribution in [0, 0.1) is 15.9 Å². The Balaban J connectivity index is 1.88. The number of nitro groups is 1. The van der Waals surface area contributed by atoms with Crippen molar-refractivity contribution < 1.29 is 18.9 Å². The molecule has 1 saturated carbocycles. The Bertz CT molecular complexity index is 587. The summed E-state index contributed by atoms with van der Waals surface area (Å²) in [5.74, 6) is -1.81. The van der Waals surface area contributed by atoms with Gasteiger partial charge in [-0.05, 0) is 18.9 Å². The van der Waals surface area contributed by atoms with Crippen LogP contribution >= 0.6 is 0 Å². The number of carbonyl (C=O) groups is 2. The zero-order chi connectivity index (χ0) is 15.4. The van der Waals surface area contributed by atoms with Gasteiger partial charge >= 0.3 is 0 Å². The fourth-order valence-corrected chi connectivity index (χ4v) is 1.71. The Hall–Kier alpha value is -2.51. The SMILES string of the molecule is O=C(CCNC(=O)c1cc([N+](=O)[O-])ccc1F)NC1CC1. The second-order valence-corrected chi connectivity index (χ2v) is 4.77. The van der Waals surface area contributed by atoms with E-state index in [4.69, 9.17) is 0 Å². The minimum atomic E-state index is -0.847. The number of nitrogens with zero attached hydrogens (tertiary/aromatic N) is 1. The molecule has 1 fully saturated rings. The molecule has 1 aliphatic rings. The standard InChI is InChI=1S/C13H14FN3O4/c14-11-4-3-9(17(20)21)7-10(11)13(19)15-6-5-12(18)16-8-1-2-8/h3-4,7-8H,1-2,5-6H2,(H,15,19)(H,16,18). The topological polar surface area (TPSA) is 101 Å². The van der Waals surface area contributed by atoms with Crippen LogP contribution in [0.25, 0.3) is 0 Å². The van der Waals surface area contributed by atoms with Gasteiger partial charge in [0.25, 0.3) is 11.6 Å². The third-order valence-electron chi connectivity index (χ3n) is 2.99. The van der Waals surface area contributed by atoms with Crippen LogP contribution in [0.3, 0.4) is 0 Å². The van der Waals surface area contributed by atoms with Crippen LogP contribution in [-0.2, 0) is 4.79 Å². The normalized spacial score (nSPS) is 13.6. The number of rotatable bonds is 6. The maximum absolute atomic E-state index is 13.5. The maximum Gasteiger partial charge on any atom is 0.270 e. The summed E-state index contributed by atoms with van der Waals surface area (Å²) in [6, 6.07) is 2.96. The second-order valence-electron chi connectivity index (χ2n) is 4.77. The van der Waals surface area contributed by atoms with Crippen LogP contribution in [0.5, 0.6) is 0 Å². The molecule has 0 spiro atoms. The predicted octanol–water partition coefficient (Wildman–Crippen LogP) is 1.13. The first-order chi connectivity index (χ1) is 9.97. The number of nitrogens with one attached hydrogen (secondary N) is 2. The van der Waals surface area contributed by atoms with E-state index in [0.717, 1.165) is 31.0 Å². The summed E-state index contributed by atoms with van der Waals surface area (Å²) in [7, 11) is 0. The monoisotopic (exact) mass is 295 g/mol. The predicted molar refractivity (Wildman–Crippen MR) is 71.2 cm³/mol. The van der Waals surface area contributed by atoms with E-state index in [1.54, 1.807) is 0 Å². The van der Waals surface area contributed by atoms with Gasteiger partial charge < -0.3 is 10.6 Å². The molecular formula is C13H14FN3O4. The molecular weight excluding hydrogens is 281 g/mol. The van der Waals surface area contributed by atoms with Crippen LogP contribution in [0.4, 0.5) is 10.1 Å². The minimum absolute atomic E-state index is 0.0412. The molecule has 1 aliphatic carbocycles. The van der Waals surface area contributed by atoms with E-state index in [1.807, 2.05) is 0 Å². The molecule has 1 aromatic rings. The Kier molecular flexibility index (Phi) is 4.46. The Labute approximate surface area is 119 Å². The fraction of sp³-hybridized carbons (Fsp3) is 0.385. The van der Waals surface area contributed by atoms with Gasteiger partial charge in [0.2, 0.25) is 5.91 Å². The van der Waals surface area contributed by atoms with Gasteiger partial charge in [0.05, 0.1) is 10.5 Å². The number of benzene rings is 1. The highest BCUT2D eigenvalue weighted by Gasteiger charge is 2.23. The van der Waals surface area contributed by atoms with Crippen LogP contribution < -0.4 is 10.6 Å². The van der Waals surface area contributed by atoms with Crippen molar-refractivity contribution in [3.05, 3.63) is 39.7 Å². The van der Waals surface area contributed by atoms with Crippen molar-refractivity contribution in [3.63, 3.8) is 0 Å². The molecule has 0 saturated heterocycles. The first kappa shape index (κ1) is 14.9. The third kappa shape index (κ3) is 4.23. The van der Waals surface area contributed by atoms with Crippen LogP contribution in [0.2, 0.25) is 0 Å². The fourth-order valence-electron chi connectivity index (χ4n) is 1.71. The molecule has 0 bridgehead atoms. The molecule has 0 unspecified atom stereocenters. The zero-order valence-electron chi connectivity index (χ0n) is 11.1. The molecule has 7 nitrogen and oxygen atoms in total. The van der Waals surface area contributed by atoms with Crippen molar-refractivity contribution in [2.75, 3.05) is 6.54 Å². The number of amides is 2. The third-order valence-corrected chi connectivity index (χ3v) is 2.99. The molecule has 112 valence electrons. The highest BCUT2D eigenvalue weighted by Crippen LogP contribution is 2.18. The summed E-state index contributed by atoms with van der Waals surface area (Å²) in [5, 5.41) is 15.7. The lowest BCUT2D eigenvalue weighted by atomic mass is 10.1. The van der Waals surface area contributed by atoms with E-state index in [0.29, 0.717) is 0 Å². The van der Waals surface area contributed by atoms with E-state index >= 15 is 0 Å². The number of nitro benzene ring substituents is 1. The lowest BCUT2D eigenvalue weighted by molar-refractivity contribution is -0.384. The van der Waals surface area contributed by atoms with Crippen LogP contribution in [0.15, 0.2) is 18.2 Å². The van der Waals surface area contributed by atoms with Gasteiger partial charge in [-0.1, -0.05) is 0 Å². The molecule has 8 heteroatoms. The van der Waals surface area contributed by atoms with Gasteiger partial charge in [-0.2, -0.15) is 0 Å². The Morgan fingerprint density at radius 2 is 2.10 bits per heavy atom. The second kappa shape index (κ2) is 6.29. The summed E-state index contributed by atoms with van der Waals surface area (Å²) >= 11 is 0. The average Bonchev–Trinajstić information content (AvgIpc) is 3.22. The van der Waals surface area contributed by atoms with Crippen molar-refractivity contribution in [2.45, 2.75) is 25.3 Å². The van der Waals surface area contributed by atoms with Gasteiger partial charge in [0, 0.05) is 31.1 Å². The molecule has 2 rings (SSSR count). The van der Waals surface area contributed by atoms with Gasteiger partial charge in [0.15, 0.2) is 0 Å². The first-order valence-electron chi connectivity index (χ1n) is 6.49. The molecule has 0 atom stereocenters. The summed E-state index contributed by atoms with van der Waals surface area (Å²) in [6.07, 6.45) is 2.02. The van der Waals surface area contributed by atoms with E-state index in [1.165, 1.54) is 0 Å². The summed E-state index contributed by atoms with van der Waals surface area (Å²) in [4.78, 5) is 33.0. The van der Waals surface area contributed by atoms with Crippen molar-refractivity contribution >= 4 is 17.5 Å². The molecule has 2 N–H and O–H groups in total. The van der Waals surface area contributed by atoms with Gasteiger partial charge in [-0.3, -0.25) is 19.7 Å². The van der Waals surface area contributed by atoms with Gasteiger partial charge in [0.1, 0.15) is 5.82 Å². The number of halogens is 1. The minimum Gasteiger partial charge on any atom is -0.353 e. The molecule has 21 heavy (non-hydrogen) atoms. The summed E-state index contributed by atoms with van der Waals surface area (Å²) < 4.78 is 13.5. The maximum atomic E-state index is 13.5. The van der Waals surface area contributed by atoms with E-state index in [9.17, 15) is 24.1 Å². The smallest absolute Gasteiger partial charge is 0.270 e. The average molecular weight is 295 g/mol. The Morgan fingerprint density at radius 3 is 2.71 bits per heavy atom. The molecule has 0 radical (unpaired) electrons. The summed E-state index contributed by atoms with van der Waals surface area (Å²) in [5.41, 5.74) is -0.778. The number of hydrogen-bond donors (Lipinski definition) is 2. The van der Waals surface area contributed by atoms with E-state index < -0.39 is 22.2 Å². The molecule has 0 heterocycles. The molecule has 2 amide bonds. The quantitative estimate of drug-likeness (QED) is 0.606. The van der Waals surface area contributed by atoms with Crippen molar-refractivity contribution in [2.24, 2.45) is 0 Å². The van der Waals surface area contributed by atoms with Gasteiger partial charge in [-0.15, -0.1) is 0 Å². The van der Waals surface area contributed by atoms with Crippen molar-refractivity contribution in [3.8, 4) is 0 Å². The van der Waals surface area contributed by atoms with E-state index in [2.05, 4.69) is 10.6 Å². The molecule has 0 aliphatic heterocycles. The lowest BCUT2D eigenvalue weighted by Gasteiger charge is -2.06. The number of non-ortho nitro benzene ring substituents is 1. The largest absolute Gasteiger partial charge is 0.353 e. The zero-order valence-corrected chi connectivity index (χ0v) is 11.1. The summed E-state index contributed by atoms with van der Waals surface area (Å²) in [6.45, 7) is 0.0412. The van der Waals surface area contributed by atoms with E-state index in [-0.39, 0.29) is 30.6 Å². The number of hydrogen-bond acceptors (Lipinski definition) is 4. The van der Waals surface area contributed by atoms with Crippen molar-refractivity contribution in [1.82, 2.24) is 10.6 Å². The van der Waals surface area contributed by atoms with Crippen LogP contribution in [0.1, 0.15) is 29.6 Å². The highest BCUT2D eigenvalue weighted by atomic mass is 19.1. The Morgan fingerprint density at radius 1 is 1.38 bits per heavy atom.